The van der Waals surface area contributed by atoms with Crippen molar-refractivity contribution in [2.24, 2.45) is 17.2 Å². The van der Waals surface area contributed by atoms with Crippen molar-refractivity contribution in [3.05, 3.63) is 0 Å². The van der Waals surface area contributed by atoms with Gasteiger partial charge < -0.3 is 33.2 Å². The molecule has 0 amide bonds. The van der Waals surface area contributed by atoms with E-state index in [0.717, 1.165) is 97.8 Å². The molecule has 0 rings (SSSR count). The van der Waals surface area contributed by atoms with Crippen LogP contribution in [0, 0.1) is 0 Å². The van der Waals surface area contributed by atoms with Crippen molar-refractivity contribution in [3.63, 3.8) is 0 Å². The summed E-state index contributed by atoms with van der Waals surface area (Å²) in [5.74, 6) is 0. The van der Waals surface area contributed by atoms with Gasteiger partial charge in [-0.15, -0.1) is 0 Å². The Balaban J connectivity index is 3.72. The third-order valence-corrected chi connectivity index (χ3v) is 3.49. The van der Waals surface area contributed by atoms with Crippen LogP contribution in [0.2, 0.25) is 0 Å². The SMILES string of the molecule is NCCCNCCN(CCNCCCN)CCNCCCN. The van der Waals surface area contributed by atoms with E-state index in [-0.39, 0.29) is 0 Å². The summed E-state index contributed by atoms with van der Waals surface area (Å²) >= 11 is 0. The van der Waals surface area contributed by atoms with Gasteiger partial charge in [0.05, 0.1) is 0 Å². The molecule has 0 aromatic rings. The molecule has 0 spiro atoms. The van der Waals surface area contributed by atoms with E-state index in [2.05, 4.69) is 20.9 Å². The van der Waals surface area contributed by atoms with Gasteiger partial charge in [0.2, 0.25) is 0 Å². The second-order valence-electron chi connectivity index (χ2n) is 5.52. The van der Waals surface area contributed by atoms with Gasteiger partial charge in [0.25, 0.3) is 0 Å². The van der Waals surface area contributed by atoms with Crippen LogP contribution in [-0.2, 0) is 0 Å². The summed E-state index contributed by atoms with van der Waals surface area (Å²) in [6.45, 7) is 11.6. The van der Waals surface area contributed by atoms with Gasteiger partial charge >= 0.3 is 0 Å². The quantitative estimate of drug-likeness (QED) is 0.164. The molecule has 0 aliphatic carbocycles. The minimum Gasteiger partial charge on any atom is -0.330 e. The van der Waals surface area contributed by atoms with Gasteiger partial charge in [-0.05, 0) is 58.5 Å². The fourth-order valence-corrected chi connectivity index (χ4v) is 2.10. The van der Waals surface area contributed by atoms with E-state index in [4.69, 9.17) is 17.2 Å². The van der Waals surface area contributed by atoms with Crippen molar-refractivity contribution in [1.29, 1.82) is 0 Å². The third kappa shape index (κ3) is 16.1. The molecule has 0 aromatic carbocycles. The predicted octanol–water partition coefficient (Wildman–Crippen LogP) is -1.90. The lowest BCUT2D eigenvalue weighted by molar-refractivity contribution is 0.272. The first-order chi connectivity index (χ1) is 10.8. The van der Waals surface area contributed by atoms with Crippen LogP contribution in [0.1, 0.15) is 19.3 Å². The molecule has 7 heteroatoms. The van der Waals surface area contributed by atoms with Crippen LogP contribution in [0.4, 0.5) is 0 Å². The average Bonchev–Trinajstić information content (AvgIpc) is 2.53. The Morgan fingerprint density at radius 2 is 0.818 bits per heavy atom. The van der Waals surface area contributed by atoms with Crippen molar-refractivity contribution >= 4 is 0 Å². The molecule has 0 heterocycles. The first kappa shape index (κ1) is 21.7. The number of nitrogens with zero attached hydrogens (tertiary/aromatic N) is 1. The maximum Gasteiger partial charge on any atom is 0.0108 e. The highest BCUT2D eigenvalue weighted by atomic mass is 15.2. The Morgan fingerprint density at radius 3 is 1.09 bits per heavy atom. The van der Waals surface area contributed by atoms with Crippen LogP contribution in [0.25, 0.3) is 0 Å². The number of nitrogens with two attached hydrogens (primary N) is 3. The third-order valence-electron chi connectivity index (χ3n) is 3.49. The van der Waals surface area contributed by atoms with Crippen LogP contribution in [0.3, 0.4) is 0 Å². The highest BCUT2D eigenvalue weighted by Gasteiger charge is 2.03. The summed E-state index contributed by atoms with van der Waals surface area (Å²) < 4.78 is 0. The molecule has 0 atom stereocenters. The highest BCUT2D eigenvalue weighted by molar-refractivity contribution is 4.64. The lowest BCUT2D eigenvalue weighted by atomic mass is 10.3. The van der Waals surface area contributed by atoms with Gasteiger partial charge in [-0.1, -0.05) is 0 Å². The van der Waals surface area contributed by atoms with E-state index in [1.165, 1.54) is 0 Å². The Kier molecular flexibility index (Phi) is 18.5. The molecule has 134 valence electrons. The van der Waals surface area contributed by atoms with Gasteiger partial charge in [-0.25, -0.2) is 0 Å². The molecule has 7 nitrogen and oxygen atoms in total. The second kappa shape index (κ2) is 18.8. The fraction of sp³-hybridized carbons (Fsp3) is 1.00. The average molecular weight is 318 g/mol. The van der Waals surface area contributed by atoms with Crippen LogP contribution in [0.15, 0.2) is 0 Å². The lowest BCUT2D eigenvalue weighted by Gasteiger charge is -2.23. The summed E-state index contributed by atoms with van der Waals surface area (Å²) in [5, 5.41) is 10.3. The molecule has 22 heavy (non-hydrogen) atoms. The van der Waals surface area contributed by atoms with Crippen molar-refractivity contribution in [2.75, 3.05) is 78.5 Å². The van der Waals surface area contributed by atoms with Gasteiger partial charge in [0, 0.05) is 39.3 Å². The maximum atomic E-state index is 5.50. The van der Waals surface area contributed by atoms with Crippen molar-refractivity contribution in [1.82, 2.24) is 20.9 Å². The largest absolute Gasteiger partial charge is 0.330 e. The Hall–Kier alpha value is -0.280. The fourth-order valence-electron chi connectivity index (χ4n) is 2.10. The monoisotopic (exact) mass is 317 g/mol. The molecule has 0 bridgehead atoms. The van der Waals surface area contributed by atoms with Gasteiger partial charge in [0.1, 0.15) is 0 Å². The summed E-state index contributed by atoms with van der Waals surface area (Å²) in [7, 11) is 0. The molecule has 0 radical (unpaired) electrons. The van der Waals surface area contributed by atoms with Crippen LogP contribution in [0.5, 0.6) is 0 Å². The molecule has 0 aliphatic heterocycles. The van der Waals surface area contributed by atoms with E-state index < -0.39 is 0 Å². The molecule has 0 aromatic heterocycles. The summed E-state index contributed by atoms with van der Waals surface area (Å²) in [4.78, 5) is 2.49. The molecule has 0 fully saturated rings. The molecule has 9 N–H and O–H groups in total. The van der Waals surface area contributed by atoms with Crippen molar-refractivity contribution < 1.29 is 0 Å². The van der Waals surface area contributed by atoms with Crippen LogP contribution < -0.4 is 33.2 Å². The number of nitrogens with one attached hydrogen (secondary N) is 3. The lowest BCUT2D eigenvalue weighted by Crippen LogP contribution is -2.41. The van der Waals surface area contributed by atoms with E-state index in [1.807, 2.05) is 0 Å². The van der Waals surface area contributed by atoms with Gasteiger partial charge in [0.15, 0.2) is 0 Å². The Morgan fingerprint density at radius 1 is 0.500 bits per heavy atom. The van der Waals surface area contributed by atoms with Crippen molar-refractivity contribution in [3.8, 4) is 0 Å². The molecule has 0 unspecified atom stereocenters. The highest BCUT2D eigenvalue weighted by Crippen LogP contribution is 1.87. The zero-order valence-corrected chi connectivity index (χ0v) is 14.3. The summed E-state index contributed by atoms with van der Waals surface area (Å²) in [6.07, 6.45) is 3.13. The molecule has 0 saturated heterocycles. The maximum absolute atomic E-state index is 5.50. The summed E-state index contributed by atoms with van der Waals surface area (Å²) in [6, 6.07) is 0. The predicted molar refractivity (Wildman–Crippen MR) is 96.1 cm³/mol. The zero-order chi connectivity index (χ0) is 16.3. The molecular formula is C15H39N7. The van der Waals surface area contributed by atoms with Crippen LogP contribution in [-0.4, -0.2) is 83.4 Å². The van der Waals surface area contributed by atoms with E-state index in [0.29, 0.717) is 0 Å². The second-order valence-corrected chi connectivity index (χ2v) is 5.52. The zero-order valence-electron chi connectivity index (χ0n) is 14.3. The first-order valence-corrected chi connectivity index (χ1v) is 8.79. The van der Waals surface area contributed by atoms with E-state index >= 15 is 0 Å². The van der Waals surface area contributed by atoms with E-state index in [9.17, 15) is 0 Å². The standard InChI is InChI=1S/C15H39N7/c16-4-1-7-19-10-13-22(14-11-20-8-2-5-17)15-12-21-9-3-6-18/h19-21H,1-18H2. The molecular weight excluding hydrogens is 278 g/mol. The number of rotatable bonds is 18. The first-order valence-electron chi connectivity index (χ1n) is 8.79. The van der Waals surface area contributed by atoms with Gasteiger partial charge in [-0.2, -0.15) is 0 Å². The number of hydrogen-bond donors (Lipinski definition) is 6. The van der Waals surface area contributed by atoms with Crippen LogP contribution >= 0.6 is 0 Å². The minimum absolute atomic E-state index is 0.757. The van der Waals surface area contributed by atoms with E-state index in [1.54, 1.807) is 0 Å². The Bertz CT molecular complexity index is 171. The normalized spacial score (nSPS) is 11.5. The van der Waals surface area contributed by atoms with Crippen molar-refractivity contribution in [2.45, 2.75) is 19.3 Å². The smallest absolute Gasteiger partial charge is 0.0108 e. The number of hydrogen-bond acceptors (Lipinski definition) is 7. The molecule has 0 aliphatic rings. The van der Waals surface area contributed by atoms with Gasteiger partial charge in [-0.3, -0.25) is 4.90 Å². The minimum atomic E-state index is 0.757. The Labute approximate surface area is 136 Å². The summed E-state index contributed by atoms with van der Waals surface area (Å²) in [5.41, 5.74) is 16.5. The topological polar surface area (TPSA) is 117 Å². The molecule has 0 saturated carbocycles.